The van der Waals surface area contributed by atoms with Gasteiger partial charge in [0.15, 0.2) is 16.6 Å². The molecule has 2 rings (SSSR count). The molecule has 0 unspecified atom stereocenters. The van der Waals surface area contributed by atoms with Crippen LogP contribution in [-0.4, -0.2) is 24.4 Å². The number of thiazole rings is 1. The number of aromatic nitrogens is 1. The van der Waals surface area contributed by atoms with E-state index in [9.17, 15) is 4.79 Å². The first-order valence-corrected chi connectivity index (χ1v) is 5.52. The molecule has 0 fully saturated rings. The van der Waals surface area contributed by atoms with E-state index in [0.717, 1.165) is 30.9 Å². The number of carbonyl (C=O) groups excluding carboxylic acids is 1. The Hall–Kier alpha value is -0.870. The zero-order valence-corrected chi connectivity index (χ0v) is 9.01. The van der Waals surface area contributed by atoms with Crippen LogP contribution in [0.15, 0.2) is 12.2 Å². The predicted molar refractivity (Wildman–Crippen MR) is 58.5 cm³/mol. The average molecular weight is 229 g/mol. The van der Waals surface area contributed by atoms with E-state index in [1.807, 2.05) is 0 Å². The van der Waals surface area contributed by atoms with Gasteiger partial charge in [-0.2, -0.15) is 0 Å². The molecule has 0 spiro atoms. The van der Waals surface area contributed by atoms with Crippen molar-refractivity contribution in [1.82, 2.24) is 4.98 Å². The molecule has 0 aliphatic carbocycles. The third kappa shape index (κ3) is 1.81. The lowest BCUT2D eigenvalue weighted by atomic mass is 10.3. The third-order valence-corrected chi connectivity index (χ3v) is 3.48. The molecule has 0 N–H and O–H groups in total. The van der Waals surface area contributed by atoms with Crippen LogP contribution < -0.4 is 4.90 Å². The first-order chi connectivity index (χ1) is 6.81. The van der Waals surface area contributed by atoms with Gasteiger partial charge in [-0.05, 0) is 6.42 Å². The molecular formula is C9H9ClN2OS. The molecule has 1 aliphatic rings. The fraction of sp³-hybridized carbons (Fsp3) is 0.333. The molecule has 5 heteroatoms. The van der Waals surface area contributed by atoms with Crippen LogP contribution in [0.5, 0.6) is 0 Å². The highest BCUT2D eigenvalue weighted by molar-refractivity contribution is 7.17. The minimum atomic E-state index is 0.314. The standard InChI is InChI=1S/C9H9ClN2OS/c10-8-7(6-13)14-9(11-8)12-4-2-1-3-5-12/h1-2,6H,3-5H2. The summed E-state index contributed by atoms with van der Waals surface area (Å²) < 4.78 is 0. The van der Waals surface area contributed by atoms with Gasteiger partial charge < -0.3 is 4.90 Å². The fourth-order valence-electron chi connectivity index (χ4n) is 1.33. The smallest absolute Gasteiger partial charge is 0.187 e. The number of aldehydes is 1. The van der Waals surface area contributed by atoms with Crippen LogP contribution in [0.25, 0.3) is 0 Å². The molecular weight excluding hydrogens is 220 g/mol. The molecule has 14 heavy (non-hydrogen) atoms. The molecule has 0 saturated carbocycles. The van der Waals surface area contributed by atoms with Gasteiger partial charge in [-0.15, -0.1) is 0 Å². The predicted octanol–water partition coefficient (Wildman–Crippen LogP) is 2.38. The summed E-state index contributed by atoms with van der Waals surface area (Å²) in [5.41, 5.74) is 0. The Morgan fingerprint density at radius 3 is 3.00 bits per heavy atom. The van der Waals surface area contributed by atoms with Gasteiger partial charge in [0.2, 0.25) is 0 Å². The first kappa shape index (κ1) is 9.68. The number of anilines is 1. The Morgan fingerprint density at radius 1 is 1.57 bits per heavy atom. The summed E-state index contributed by atoms with van der Waals surface area (Å²) >= 11 is 7.13. The zero-order valence-electron chi connectivity index (χ0n) is 7.44. The maximum absolute atomic E-state index is 10.6. The minimum Gasteiger partial charge on any atom is -0.344 e. The molecule has 1 aromatic heterocycles. The summed E-state index contributed by atoms with van der Waals surface area (Å²) in [5.74, 6) is 0. The highest BCUT2D eigenvalue weighted by Gasteiger charge is 2.14. The second-order valence-corrected chi connectivity index (χ2v) is 4.34. The van der Waals surface area contributed by atoms with E-state index in [4.69, 9.17) is 11.6 Å². The van der Waals surface area contributed by atoms with Gasteiger partial charge in [-0.3, -0.25) is 4.79 Å². The van der Waals surface area contributed by atoms with Gasteiger partial charge in [-0.1, -0.05) is 35.1 Å². The van der Waals surface area contributed by atoms with Crippen molar-refractivity contribution in [3.8, 4) is 0 Å². The first-order valence-electron chi connectivity index (χ1n) is 4.32. The van der Waals surface area contributed by atoms with Gasteiger partial charge in [-0.25, -0.2) is 4.98 Å². The molecule has 0 radical (unpaired) electrons. The van der Waals surface area contributed by atoms with Crippen molar-refractivity contribution < 1.29 is 4.79 Å². The van der Waals surface area contributed by atoms with Crippen molar-refractivity contribution in [3.05, 3.63) is 22.2 Å². The summed E-state index contributed by atoms with van der Waals surface area (Å²) in [7, 11) is 0. The van der Waals surface area contributed by atoms with Crippen molar-refractivity contribution in [2.45, 2.75) is 6.42 Å². The van der Waals surface area contributed by atoms with Crippen LogP contribution in [0.2, 0.25) is 5.15 Å². The molecule has 0 saturated heterocycles. The Kier molecular flexibility index (Phi) is 2.84. The van der Waals surface area contributed by atoms with Crippen molar-refractivity contribution in [2.24, 2.45) is 0 Å². The summed E-state index contributed by atoms with van der Waals surface area (Å²) in [6.07, 6.45) is 6.02. The van der Waals surface area contributed by atoms with E-state index in [1.54, 1.807) is 0 Å². The second-order valence-electron chi connectivity index (χ2n) is 2.98. The van der Waals surface area contributed by atoms with E-state index < -0.39 is 0 Å². The van der Waals surface area contributed by atoms with Crippen LogP contribution in [0.1, 0.15) is 16.1 Å². The minimum absolute atomic E-state index is 0.314. The summed E-state index contributed by atoms with van der Waals surface area (Å²) in [4.78, 5) is 17.4. The second kappa shape index (κ2) is 4.11. The fourth-order valence-corrected chi connectivity index (χ4v) is 2.42. The zero-order chi connectivity index (χ0) is 9.97. The van der Waals surface area contributed by atoms with Crippen LogP contribution in [0.4, 0.5) is 5.13 Å². The molecule has 3 nitrogen and oxygen atoms in total. The number of hydrogen-bond donors (Lipinski definition) is 0. The molecule has 0 atom stereocenters. The molecule has 1 aliphatic heterocycles. The Labute approximate surface area is 91.0 Å². The van der Waals surface area contributed by atoms with E-state index in [1.165, 1.54) is 11.3 Å². The van der Waals surface area contributed by atoms with Gasteiger partial charge in [0.1, 0.15) is 4.88 Å². The topological polar surface area (TPSA) is 33.2 Å². The maximum Gasteiger partial charge on any atom is 0.187 e. The Bertz CT molecular complexity index is 375. The van der Waals surface area contributed by atoms with Crippen LogP contribution in [-0.2, 0) is 0 Å². The van der Waals surface area contributed by atoms with Crippen molar-refractivity contribution >= 4 is 34.4 Å². The van der Waals surface area contributed by atoms with Gasteiger partial charge >= 0.3 is 0 Å². The lowest BCUT2D eigenvalue weighted by Gasteiger charge is -2.21. The lowest BCUT2D eigenvalue weighted by molar-refractivity contribution is 0.112. The van der Waals surface area contributed by atoms with E-state index in [0.29, 0.717) is 10.0 Å². The molecule has 0 amide bonds. The normalized spacial score (nSPS) is 15.9. The van der Waals surface area contributed by atoms with Crippen LogP contribution in [0, 0.1) is 0 Å². The van der Waals surface area contributed by atoms with Gasteiger partial charge in [0.05, 0.1) is 0 Å². The number of carbonyl (C=O) groups is 1. The number of rotatable bonds is 2. The lowest BCUT2D eigenvalue weighted by Crippen LogP contribution is -2.26. The van der Waals surface area contributed by atoms with E-state index in [2.05, 4.69) is 22.0 Å². The highest BCUT2D eigenvalue weighted by atomic mass is 35.5. The number of hydrogen-bond acceptors (Lipinski definition) is 4. The van der Waals surface area contributed by atoms with Crippen molar-refractivity contribution in [3.63, 3.8) is 0 Å². The van der Waals surface area contributed by atoms with Gasteiger partial charge in [0.25, 0.3) is 0 Å². The van der Waals surface area contributed by atoms with Crippen molar-refractivity contribution in [2.75, 3.05) is 18.0 Å². The summed E-state index contributed by atoms with van der Waals surface area (Å²) in [6.45, 7) is 1.79. The van der Waals surface area contributed by atoms with Crippen LogP contribution in [0.3, 0.4) is 0 Å². The molecule has 1 aromatic rings. The summed E-state index contributed by atoms with van der Waals surface area (Å²) in [6, 6.07) is 0. The molecule has 74 valence electrons. The molecule has 2 heterocycles. The Balaban J connectivity index is 2.23. The van der Waals surface area contributed by atoms with E-state index in [-0.39, 0.29) is 0 Å². The molecule has 0 aromatic carbocycles. The van der Waals surface area contributed by atoms with Crippen molar-refractivity contribution in [1.29, 1.82) is 0 Å². The van der Waals surface area contributed by atoms with Gasteiger partial charge in [0, 0.05) is 13.1 Å². The maximum atomic E-state index is 10.6. The largest absolute Gasteiger partial charge is 0.344 e. The molecule has 0 bridgehead atoms. The monoisotopic (exact) mass is 228 g/mol. The summed E-state index contributed by atoms with van der Waals surface area (Å²) in [5, 5.41) is 1.15. The average Bonchev–Trinajstić information content (AvgIpc) is 2.61. The van der Waals surface area contributed by atoms with E-state index >= 15 is 0 Å². The third-order valence-electron chi connectivity index (χ3n) is 2.03. The SMILES string of the molecule is O=Cc1sc(N2CC=CCC2)nc1Cl. The quantitative estimate of drug-likeness (QED) is 0.576. The Morgan fingerprint density at radius 2 is 2.43 bits per heavy atom. The number of halogens is 1. The van der Waals surface area contributed by atoms with Crippen LogP contribution >= 0.6 is 22.9 Å². The number of nitrogens with zero attached hydrogens (tertiary/aromatic N) is 2. The highest BCUT2D eigenvalue weighted by Crippen LogP contribution is 2.28.